The van der Waals surface area contributed by atoms with E-state index in [1.54, 1.807) is 4.31 Å². The molecule has 6 heteroatoms. The van der Waals surface area contributed by atoms with Crippen LogP contribution in [-0.2, 0) is 14.8 Å². The Morgan fingerprint density at radius 2 is 2.13 bits per heavy atom. The molecule has 0 spiro atoms. The minimum Gasteiger partial charge on any atom is -0.396 e. The fourth-order valence-corrected chi connectivity index (χ4v) is 4.09. The summed E-state index contributed by atoms with van der Waals surface area (Å²) in [5, 5.41) is 8.52. The van der Waals surface area contributed by atoms with Gasteiger partial charge in [-0.3, -0.25) is 0 Å². The van der Waals surface area contributed by atoms with Crippen molar-refractivity contribution in [1.82, 2.24) is 4.31 Å². The smallest absolute Gasteiger partial charge is 0.221 e. The molecule has 0 aromatic heterocycles. The first-order valence-corrected chi connectivity index (χ1v) is 6.86. The molecule has 1 N–H and O–H groups in total. The third-order valence-corrected chi connectivity index (χ3v) is 5.39. The second kappa shape index (κ2) is 4.37. The fraction of sp³-hybridized carbons (Fsp3) is 1.00. The molecular weight excluding hydrogens is 218 g/mol. The third-order valence-electron chi connectivity index (χ3n) is 3.14. The number of aliphatic hydroxyl groups is 1. The largest absolute Gasteiger partial charge is 0.396 e. The van der Waals surface area contributed by atoms with Gasteiger partial charge >= 0.3 is 0 Å². The van der Waals surface area contributed by atoms with Crippen molar-refractivity contribution in [1.29, 1.82) is 0 Å². The molecule has 1 atom stereocenters. The van der Waals surface area contributed by atoms with Crippen molar-refractivity contribution >= 4 is 10.0 Å². The van der Waals surface area contributed by atoms with E-state index in [1.807, 2.05) is 0 Å². The van der Waals surface area contributed by atoms with Gasteiger partial charge in [-0.2, -0.15) is 4.31 Å². The summed E-state index contributed by atoms with van der Waals surface area (Å²) in [4.78, 5) is 0. The van der Waals surface area contributed by atoms with Crippen LogP contribution in [0.5, 0.6) is 0 Å². The van der Waals surface area contributed by atoms with Crippen LogP contribution in [0.15, 0.2) is 0 Å². The van der Waals surface area contributed by atoms with Gasteiger partial charge in [-0.15, -0.1) is 0 Å². The van der Waals surface area contributed by atoms with Crippen LogP contribution < -0.4 is 0 Å². The summed E-state index contributed by atoms with van der Waals surface area (Å²) in [7, 11) is -3.18. The Morgan fingerprint density at radius 1 is 1.40 bits per heavy atom. The van der Waals surface area contributed by atoms with Crippen molar-refractivity contribution in [3.63, 3.8) is 0 Å². The zero-order valence-corrected chi connectivity index (χ0v) is 9.45. The molecule has 0 bridgehead atoms. The van der Waals surface area contributed by atoms with Gasteiger partial charge in [0, 0.05) is 19.2 Å². The van der Waals surface area contributed by atoms with Crippen LogP contribution in [0, 0.1) is 0 Å². The van der Waals surface area contributed by atoms with E-state index in [9.17, 15) is 8.42 Å². The van der Waals surface area contributed by atoms with E-state index in [-0.39, 0.29) is 17.9 Å². The lowest BCUT2D eigenvalue weighted by Gasteiger charge is -2.32. The summed E-state index contributed by atoms with van der Waals surface area (Å²) in [5.41, 5.74) is 0. The number of nitrogens with zero attached hydrogens (tertiary/aromatic N) is 1. The number of aliphatic hydroxyl groups excluding tert-OH is 1. The molecule has 1 unspecified atom stereocenters. The highest BCUT2D eigenvalue weighted by Gasteiger charge is 2.42. The molecule has 2 saturated heterocycles. The lowest BCUT2D eigenvalue weighted by molar-refractivity contribution is 0.0388. The molecule has 88 valence electrons. The Balaban J connectivity index is 2.07. The molecule has 15 heavy (non-hydrogen) atoms. The zero-order valence-electron chi connectivity index (χ0n) is 8.63. The predicted octanol–water partition coefficient (Wildman–Crippen LogP) is -0.438. The first-order valence-electron chi connectivity index (χ1n) is 5.35. The second-order valence-electron chi connectivity index (χ2n) is 4.12. The molecule has 0 amide bonds. The first-order chi connectivity index (χ1) is 7.16. The highest BCUT2D eigenvalue weighted by Crippen LogP contribution is 2.27. The second-order valence-corrected chi connectivity index (χ2v) is 6.29. The van der Waals surface area contributed by atoms with Gasteiger partial charge in [0.2, 0.25) is 10.0 Å². The normalized spacial score (nSPS) is 29.3. The molecular formula is C9H17NO4S. The molecule has 2 rings (SSSR count). The summed E-state index contributed by atoms with van der Waals surface area (Å²) in [6.07, 6.45) is 2.32. The molecule has 0 saturated carbocycles. The molecule has 2 aliphatic rings. The summed E-state index contributed by atoms with van der Waals surface area (Å²) >= 11 is 0. The Kier molecular flexibility index (Phi) is 3.30. The average Bonchev–Trinajstić information content (AvgIpc) is 2.49. The summed E-state index contributed by atoms with van der Waals surface area (Å²) in [6, 6.07) is 0.000556. The molecule has 2 fully saturated rings. The van der Waals surface area contributed by atoms with Gasteiger partial charge in [0.1, 0.15) is 5.25 Å². The van der Waals surface area contributed by atoms with Crippen molar-refractivity contribution in [3.8, 4) is 0 Å². The van der Waals surface area contributed by atoms with E-state index in [0.29, 0.717) is 26.2 Å². The van der Waals surface area contributed by atoms with Crippen LogP contribution in [0.3, 0.4) is 0 Å². The summed E-state index contributed by atoms with van der Waals surface area (Å²) in [6.45, 7) is 1.30. The Labute approximate surface area is 90.1 Å². The Hall–Kier alpha value is -0.170. The van der Waals surface area contributed by atoms with E-state index in [0.717, 1.165) is 12.8 Å². The Bertz CT molecular complexity index is 312. The van der Waals surface area contributed by atoms with Crippen LogP contribution in [0.1, 0.15) is 19.3 Å². The van der Waals surface area contributed by atoms with E-state index >= 15 is 0 Å². The molecule has 0 aliphatic carbocycles. The lowest BCUT2D eigenvalue weighted by Crippen LogP contribution is -2.50. The van der Waals surface area contributed by atoms with Crippen molar-refractivity contribution in [2.75, 3.05) is 26.4 Å². The quantitative estimate of drug-likeness (QED) is 0.717. The van der Waals surface area contributed by atoms with Gasteiger partial charge in [0.15, 0.2) is 0 Å². The molecule has 0 aromatic rings. The van der Waals surface area contributed by atoms with Gasteiger partial charge in [0.05, 0.1) is 13.2 Å². The SMILES string of the molecule is O=S(=O)(C1COC1)N1CCCC1CCO. The molecule has 5 nitrogen and oxygen atoms in total. The maximum absolute atomic E-state index is 12.1. The van der Waals surface area contributed by atoms with Crippen molar-refractivity contribution in [2.45, 2.75) is 30.6 Å². The van der Waals surface area contributed by atoms with Gasteiger partial charge in [-0.05, 0) is 19.3 Å². The van der Waals surface area contributed by atoms with Gasteiger partial charge in [-0.25, -0.2) is 8.42 Å². The topological polar surface area (TPSA) is 66.8 Å². The lowest BCUT2D eigenvalue weighted by atomic mass is 10.2. The number of rotatable bonds is 4. The molecule has 2 aliphatic heterocycles. The molecule has 0 radical (unpaired) electrons. The summed E-state index contributed by atoms with van der Waals surface area (Å²) in [5.74, 6) is 0. The van der Waals surface area contributed by atoms with Gasteiger partial charge in [-0.1, -0.05) is 0 Å². The van der Waals surface area contributed by atoms with Crippen molar-refractivity contribution in [3.05, 3.63) is 0 Å². The van der Waals surface area contributed by atoms with Crippen molar-refractivity contribution < 1.29 is 18.3 Å². The highest BCUT2D eigenvalue weighted by atomic mass is 32.2. The number of hydrogen-bond donors (Lipinski definition) is 1. The zero-order chi connectivity index (χ0) is 10.9. The van der Waals surface area contributed by atoms with Crippen molar-refractivity contribution in [2.24, 2.45) is 0 Å². The van der Waals surface area contributed by atoms with Gasteiger partial charge in [0.25, 0.3) is 0 Å². The monoisotopic (exact) mass is 235 g/mol. The fourth-order valence-electron chi connectivity index (χ4n) is 2.16. The highest BCUT2D eigenvalue weighted by molar-refractivity contribution is 7.89. The Morgan fingerprint density at radius 3 is 2.67 bits per heavy atom. The standard InChI is InChI=1S/C9H17NO4S/c11-5-3-8-2-1-4-10(8)15(12,13)9-6-14-7-9/h8-9,11H,1-7H2. The predicted molar refractivity (Wildman–Crippen MR) is 55.0 cm³/mol. The first kappa shape index (κ1) is 11.3. The van der Waals surface area contributed by atoms with Crippen LogP contribution in [0.25, 0.3) is 0 Å². The van der Waals surface area contributed by atoms with E-state index in [4.69, 9.17) is 9.84 Å². The third kappa shape index (κ3) is 2.04. The van der Waals surface area contributed by atoms with E-state index in [2.05, 4.69) is 0 Å². The van der Waals surface area contributed by atoms with Crippen LogP contribution in [0.4, 0.5) is 0 Å². The number of hydrogen-bond acceptors (Lipinski definition) is 4. The van der Waals surface area contributed by atoms with Crippen LogP contribution in [0.2, 0.25) is 0 Å². The number of ether oxygens (including phenoxy) is 1. The van der Waals surface area contributed by atoms with E-state index in [1.165, 1.54) is 0 Å². The maximum atomic E-state index is 12.1. The summed E-state index contributed by atoms with van der Waals surface area (Å²) < 4.78 is 30.6. The number of sulfonamides is 1. The molecule has 2 heterocycles. The minimum atomic E-state index is -3.18. The maximum Gasteiger partial charge on any atom is 0.221 e. The molecule has 0 aromatic carbocycles. The van der Waals surface area contributed by atoms with Gasteiger partial charge < -0.3 is 9.84 Å². The van der Waals surface area contributed by atoms with Crippen LogP contribution in [-0.4, -0.2) is 55.5 Å². The minimum absolute atomic E-state index is 0.000556. The van der Waals surface area contributed by atoms with E-state index < -0.39 is 10.0 Å². The van der Waals surface area contributed by atoms with Crippen LogP contribution >= 0.6 is 0 Å². The average molecular weight is 235 g/mol.